The first kappa shape index (κ1) is 29.7. The van der Waals surface area contributed by atoms with Crippen LogP contribution in [0.4, 0.5) is 0 Å². The van der Waals surface area contributed by atoms with Crippen LogP contribution in [0.15, 0.2) is 0 Å². The Balaban J connectivity index is 5.07. The van der Waals surface area contributed by atoms with E-state index in [1.165, 1.54) is 6.92 Å². The number of unbranched alkanes of at least 4 members (excludes halogenated alkanes) is 1. The third-order valence-corrected chi connectivity index (χ3v) is 4.60. The van der Waals surface area contributed by atoms with Crippen molar-refractivity contribution in [1.29, 1.82) is 0 Å². The normalized spacial score (nSPS) is 14.3. The van der Waals surface area contributed by atoms with Gasteiger partial charge >= 0.3 is 17.9 Å². The highest BCUT2D eigenvalue weighted by atomic mass is 16.4. The number of carboxylic acids is 3. The number of aliphatic carboxylic acids is 3. The number of carboxylic acid groups (broad SMARTS) is 3. The molecule has 0 rings (SSSR count). The van der Waals surface area contributed by atoms with E-state index < -0.39 is 72.6 Å². The SMILES string of the molecule is CC(NC(=O)C(CCC(=O)O)NC(=O)C(N)CCCCN)C(=O)NC(CCC(=O)O)C(=O)O. The molecule has 0 aromatic rings. The zero-order chi connectivity index (χ0) is 25.6. The number of carbonyl (C=O) groups excluding carboxylic acids is 3. The summed E-state index contributed by atoms with van der Waals surface area (Å²) in [5, 5.41) is 33.5. The fraction of sp³-hybridized carbons (Fsp3) is 0.684. The number of amides is 3. The van der Waals surface area contributed by atoms with E-state index in [-0.39, 0.29) is 12.8 Å². The lowest BCUT2D eigenvalue weighted by molar-refractivity contribution is -0.143. The highest BCUT2D eigenvalue weighted by molar-refractivity contribution is 5.94. The Morgan fingerprint density at radius 3 is 1.73 bits per heavy atom. The zero-order valence-corrected chi connectivity index (χ0v) is 18.4. The van der Waals surface area contributed by atoms with E-state index in [9.17, 15) is 28.8 Å². The molecule has 0 aliphatic rings. The van der Waals surface area contributed by atoms with Gasteiger partial charge in [0, 0.05) is 12.8 Å². The second-order valence-corrected chi connectivity index (χ2v) is 7.45. The minimum atomic E-state index is -1.48. The summed E-state index contributed by atoms with van der Waals surface area (Å²) in [6.45, 7) is 1.68. The van der Waals surface area contributed by atoms with Crippen molar-refractivity contribution >= 4 is 35.6 Å². The number of hydrogen-bond acceptors (Lipinski definition) is 8. The fourth-order valence-electron chi connectivity index (χ4n) is 2.66. The van der Waals surface area contributed by atoms with E-state index in [2.05, 4.69) is 16.0 Å². The smallest absolute Gasteiger partial charge is 0.326 e. The molecule has 0 spiro atoms. The number of hydrogen-bond donors (Lipinski definition) is 8. The van der Waals surface area contributed by atoms with Crippen LogP contribution in [0.1, 0.15) is 51.9 Å². The molecule has 0 saturated carbocycles. The van der Waals surface area contributed by atoms with Crippen LogP contribution in [0, 0.1) is 0 Å². The van der Waals surface area contributed by atoms with Crippen molar-refractivity contribution in [3.05, 3.63) is 0 Å². The van der Waals surface area contributed by atoms with Gasteiger partial charge in [0.15, 0.2) is 0 Å². The van der Waals surface area contributed by atoms with E-state index in [0.717, 1.165) is 0 Å². The molecule has 4 atom stereocenters. The van der Waals surface area contributed by atoms with Gasteiger partial charge in [0.05, 0.1) is 6.04 Å². The van der Waals surface area contributed by atoms with Gasteiger partial charge in [-0.25, -0.2) is 4.79 Å². The second kappa shape index (κ2) is 15.5. The molecule has 0 heterocycles. The summed E-state index contributed by atoms with van der Waals surface area (Å²) in [5.41, 5.74) is 11.2. The summed E-state index contributed by atoms with van der Waals surface area (Å²) in [6.07, 6.45) is -0.0305. The van der Waals surface area contributed by atoms with E-state index in [0.29, 0.717) is 25.8 Å². The molecule has 0 radical (unpaired) electrons. The van der Waals surface area contributed by atoms with Crippen LogP contribution in [-0.2, 0) is 28.8 Å². The van der Waals surface area contributed by atoms with Gasteiger partial charge in [-0.2, -0.15) is 0 Å². The molecule has 0 saturated heterocycles. The van der Waals surface area contributed by atoms with Crippen molar-refractivity contribution in [2.45, 2.75) is 76.0 Å². The molecule has 0 aromatic carbocycles. The Labute approximate surface area is 190 Å². The molecule has 10 N–H and O–H groups in total. The van der Waals surface area contributed by atoms with Gasteiger partial charge in [0.2, 0.25) is 17.7 Å². The molecule has 0 aliphatic carbocycles. The van der Waals surface area contributed by atoms with Crippen LogP contribution in [-0.4, -0.2) is 81.7 Å². The number of nitrogens with two attached hydrogens (primary N) is 2. The fourth-order valence-corrected chi connectivity index (χ4v) is 2.66. The topological polar surface area (TPSA) is 251 Å². The van der Waals surface area contributed by atoms with Crippen LogP contribution < -0.4 is 27.4 Å². The molecule has 33 heavy (non-hydrogen) atoms. The molecular formula is C19H33N5O9. The van der Waals surface area contributed by atoms with Crippen molar-refractivity contribution in [2.75, 3.05) is 6.54 Å². The van der Waals surface area contributed by atoms with Gasteiger partial charge in [0.25, 0.3) is 0 Å². The van der Waals surface area contributed by atoms with Gasteiger partial charge in [-0.05, 0) is 39.2 Å². The van der Waals surface area contributed by atoms with E-state index >= 15 is 0 Å². The summed E-state index contributed by atoms with van der Waals surface area (Å²) < 4.78 is 0. The average Bonchev–Trinajstić information content (AvgIpc) is 2.72. The molecule has 3 amide bonds. The lowest BCUT2D eigenvalue weighted by Gasteiger charge is -2.23. The minimum absolute atomic E-state index is 0.271. The zero-order valence-electron chi connectivity index (χ0n) is 18.4. The molecule has 0 fully saturated rings. The Hall–Kier alpha value is -3.26. The quantitative estimate of drug-likeness (QED) is 0.104. The van der Waals surface area contributed by atoms with Gasteiger partial charge in [-0.15, -0.1) is 0 Å². The summed E-state index contributed by atoms with van der Waals surface area (Å²) >= 11 is 0. The average molecular weight is 475 g/mol. The Bertz CT molecular complexity index is 716. The molecule has 14 nitrogen and oxygen atoms in total. The summed E-state index contributed by atoms with van der Waals surface area (Å²) in [4.78, 5) is 69.9. The molecule has 4 unspecified atom stereocenters. The summed E-state index contributed by atoms with van der Waals surface area (Å²) in [5.74, 6) is -6.33. The number of nitrogens with one attached hydrogen (secondary N) is 3. The van der Waals surface area contributed by atoms with Crippen molar-refractivity contribution in [2.24, 2.45) is 11.5 Å². The number of carbonyl (C=O) groups is 6. The molecule has 14 heteroatoms. The predicted octanol–water partition coefficient (Wildman–Crippen LogP) is -2.27. The Kier molecular flexibility index (Phi) is 14.0. The van der Waals surface area contributed by atoms with Crippen LogP contribution >= 0.6 is 0 Å². The lowest BCUT2D eigenvalue weighted by Crippen LogP contribution is -2.56. The summed E-state index contributed by atoms with van der Waals surface area (Å²) in [7, 11) is 0. The van der Waals surface area contributed by atoms with E-state index in [4.69, 9.17) is 26.8 Å². The molecule has 0 aliphatic heterocycles. The van der Waals surface area contributed by atoms with E-state index in [1.807, 2.05) is 0 Å². The van der Waals surface area contributed by atoms with Crippen molar-refractivity contribution < 1.29 is 44.1 Å². The van der Waals surface area contributed by atoms with Crippen LogP contribution in [0.2, 0.25) is 0 Å². The Morgan fingerprint density at radius 2 is 1.24 bits per heavy atom. The highest BCUT2D eigenvalue weighted by Crippen LogP contribution is 2.04. The minimum Gasteiger partial charge on any atom is -0.481 e. The standard InChI is InChI=1S/C19H33N5O9/c1-10(16(29)24-13(19(32)33)6-8-15(27)28)22-18(31)12(5-7-14(25)26)23-17(30)11(21)4-2-3-9-20/h10-13H,2-9,20-21H2,1H3,(H,22,31)(H,23,30)(H,24,29)(H,25,26)(H,27,28)(H,32,33). The van der Waals surface area contributed by atoms with Gasteiger partial charge in [-0.3, -0.25) is 24.0 Å². The largest absolute Gasteiger partial charge is 0.481 e. The first-order chi connectivity index (χ1) is 15.4. The van der Waals surface area contributed by atoms with Crippen molar-refractivity contribution in [3.63, 3.8) is 0 Å². The van der Waals surface area contributed by atoms with Crippen molar-refractivity contribution in [1.82, 2.24) is 16.0 Å². The third kappa shape index (κ3) is 13.0. The van der Waals surface area contributed by atoms with Crippen molar-refractivity contribution in [3.8, 4) is 0 Å². The molecule has 0 aromatic heterocycles. The Morgan fingerprint density at radius 1 is 0.727 bits per heavy atom. The first-order valence-corrected chi connectivity index (χ1v) is 10.4. The van der Waals surface area contributed by atoms with Gasteiger partial charge in [0.1, 0.15) is 18.1 Å². The maximum absolute atomic E-state index is 12.6. The second-order valence-electron chi connectivity index (χ2n) is 7.45. The summed E-state index contributed by atoms with van der Waals surface area (Å²) in [6, 6.07) is -4.98. The maximum Gasteiger partial charge on any atom is 0.326 e. The van der Waals surface area contributed by atoms with Crippen LogP contribution in [0.25, 0.3) is 0 Å². The monoisotopic (exact) mass is 475 g/mol. The molecule has 188 valence electrons. The molecular weight excluding hydrogens is 442 g/mol. The maximum atomic E-state index is 12.6. The molecule has 0 bridgehead atoms. The first-order valence-electron chi connectivity index (χ1n) is 10.4. The van der Waals surface area contributed by atoms with E-state index in [1.54, 1.807) is 0 Å². The predicted molar refractivity (Wildman–Crippen MR) is 114 cm³/mol. The third-order valence-electron chi connectivity index (χ3n) is 4.60. The number of rotatable bonds is 17. The lowest BCUT2D eigenvalue weighted by atomic mass is 10.1. The van der Waals surface area contributed by atoms with Crippen LogP contribution in [0.5, 0.6) is 0 Å². The van der Waals surface area contributed by atoms with Gasteiger partial charge in [-0.1, -0.05) is 6.42 Å². The highest BCUT2D eigenvalue weighted by Gasteiger charge is 2.28. The van der Waals surface area contributed by atoms with Crippen LogP contribution in [0.3, 0.4) is 0 Å². The van der Waals surface area contributed by atoms with Gasteiger partial charge < -0.3 is 42.7 Å².